The molecule has 0 bridgehead atoms. The Morgan fingerprint density at radius 3 is 2.75 bits per heavy atom. The van der Waals surface area contributed by atoms with Gasteiger partial charge in [-0.1, -0.05) is 6.07 Å². The second-order valence-electron chi connectivity index (χ2n) is 4.08. The summed E-state index contributed by atoms with van der Waals surface area (Å²) >= 11 is 1.42. The van der Waals surface area contributed by atoms with Gasteiger partial charge in [0.05, 0.1) is 12.7 Å². The number of hydrogen-bond donors (Lipinski definition) is 1. The Balaban J connectivity index is 2.19. The van der Waals surface area contributed by atoms with Crippen molar-refractivity contribution in [1.82, 2.24) is 0 Å². The van der Waals surface area contributed by atoms with Crippen LogP contribution in [0.25, 0.3) is 0 Å². The van der Waals surface area contributed by atoms with Crippen molar-refractivity contribution in [3.05, 3.63) is 59.4 Å². The SMILES string of the molecule is COc1ccc(C(=O)O)cc1CSc1cccc(F)c1. The molecule has 0 amide bonds. The van der Waals surface area contributed by atoms with Crippen LogP contribution in [0.2, 0.25) is 0 Å². The van der Waals surface area contributed by atoms with Gasteiger partial charge in [-0.25, -0.2) is 9.18 Å². The van der Waals surface area contributed by atoms with Crippen LogP contribution in [0.15, 0.2) is 47.4 Å². The van der Waals surface area contributed by atoms with Crippen molar-refractivity contribution in [2.45, 2.75) is 10.6 Å². The van der Waals surface area contributed by atoms with E-state index in [1.54, 1.807) is 24.3 Å². The van der Waals surface area contributed by atoms with Gasteiger partial charge in [-0.2, -0.15) is 0 Å². The van der Waals surface area contributed by atoms with Gasteiger partial charge in [0.25, 0.3) is 0 Å². The van der Waals surface area contributed by atoms with E-state index in [4.69, 9.17) is 9.84 Å². The lowest BCUT2D eigenvalue weighted by Crippen LogP contribution is -1.99. The molecule has 0 heterocycles. The van der Waals surface area contributed by atoms with E-state index in [1.165, 1.54) is 37.1 Å². The zero-order valence-corrected chi connectivity index (χ0v) is 11.6. The normalized spacial score (nSPS) is 10.3. The molecule has 0 spiro atoms. The quantitative estimate of drug-likeness (QED) is 0.851. The van der Waals surface area contributed by atoms with E-state index < -0.39 is 5.97 Å². The number of benzene rings is 2. The van der Waals surface area contributed by atoms with E-state index in [0.717, 1.165) is 10.5 Å². The van der Waals surface area contributed by atoms with Crippen LogP contribution in [-0.2, 0) is 5.75 Å². The van der Waals surface area contributed by atoms with E-state index in [2.05, 4.69) is 0 Å². The first-order valence-corrected chi connectivity index (χ1v) is 6.87. The third-order valence-electron chi connectivity index (χ3n) is 2.72. The Kier molecular flexibility index (Phi) is 4.63. The molecule has 0 atom stereocenters. The monoisotopic (exact) mass is 292 g/mol. The zero-order chi connectivity index (χ0) is 14.5. The summed E-state index contributed by atoms with van der Waals surface area (Å²) in [5.41, 5.74) is 0.974. The number of hydrogen-bond acceptors (Lipinski definition) is 3. The maximum absolute atomic E-state index is 13.1. The fourth-order valence-corrected chi connectivity index (χ4v) is 2.66. The fourth-order valence-electron chi connectivity index (χ4n) is 1.74. The summed E-state index contributed by atoms with van der Waals surface area (Å²) in [4.78, 5) is 11.8. The molecule has 0 radical (unpaired) electrons. The van der Waals surface area contributed by atoms with Crippen molar-refractivity contribution >= 4 is 17.7 Å². The molecule has 0 aliphatic rings. The third kappa shape index (κ3) is 3.51. The Labute approximate surface area is 120 Å². The highest BCUT2D eigenvalue weighted by Gasteiger charge is 2.09. The molecule has 5 heteroatoms. The average Bonchev–Trinajstić information content (AvgIpc) is 2.44. The largest absolute Gasteiger partial charge is 0.496 e. The fraction of sp³-hybridized carbons (Fsp3) is 0.133. The Morgan fingerprint density at radius 2 is 2.10 bits per heavy atom. The first kappa shape index (κ1) is 14.4. The molecule has 0 aliphatic carbocycles. The number of methoxy groups -OCH3 is 1. The van der Waals surface area contributed by atoms with Crippen LogP contribution in [0.1, 0.15) is 15.9 Å². The van der Waals surface area contributed by atoms with Crippen molar-refractivity contribution < 1.29 is 19.0 Å². The minimum atomic E-state index is -0.982. The van der Waals surface area contributed by atoms with Crippen LogP contribution < -0.4 is 4.74 Å². The number of carboxylic acid groups (broad SMARTS) is 1. The molecule has 0 aromatic heterocycles. The van der Waals surface area contributed by atoms with Gasteiger partial charge in [0.1, 0.15) is 11.6 Å². The summed E-state index contributed by atoms with van der Waals surface area (Å²) in [5, 5.41) is 9.00. The molecule has 104 valence electrons. The first-order chi connectivity index (χ1) is 9.60. The topological polar surface area (TPSA) is 46.5 Å². The minimum absolute atomic E-state index is 0.209. The molecule has 0 saturated heterocycles. The van der Waals surface area contributed by atoms with Crippen LogP contribution in [0, 0.1) is 5.82 Å². The smallest absolute Gasteiger partial charge is 0.335 e. The van der Waals surface area contributed by atoms with Crippen LogP contribution in [0.5, 0.6) is 5.75 Å². The van der Waals surface area contributed by atoms with E-state index in [-0.39, 0.29) is 11.4 Å². The number of halogens is 1. The van der Waals surface area contributed by atoms with Gasteiger partial charge in [0.15, 0.2) is 0 Å². The Morgan fingerprint density at radius 1 is 1.30 bits per heavy atom. The van der Waals surface area contributed by atoms with Gasteiger partial charge in [-0.3, -0.25) is 0 Å². The van der Waals surface area contributed by atoms with Gasteiger partial charge in [0.2, 0.25) is 0 Å². The van der Waals surface area contributed by atoms with Gasteiger partial charge in [0, 0.05) is 16.2 Å². The zero-order valence-electron chi connectivity index (χ0n) is 10.8. The molecule has 3 nitrogen and oxygen atoms in total. The summed E-state index contributed by atoms with van der Waals surface area (Å²) in [7, 11) is 1.53. The number of thioether (sulfide) groups is 1. The van der Waals surface area contributed by atoms with Crippen LogP contribution in [0.4, 0.5) is 4.39 Å². The molecule has 0 unspecified atom stereocenters. The lowest BCUT2D eigenvalue weighted by atomic mass is 10.1. The lowest BCUT2D eigenvalue weighted by molar-refractivity contribution is 0.0696. The van der Waals surface area contributed by atoms with Gasteiger partial charge >= 0.3 is 5.97 Å². The average molecular weight is 292 g/mol. The molecule has 1 N–H and O–H groups in total. The maximum Gasteiger partial charge on any atom is 0.335 e. The molecule has 0 saturated carbocycles. The summed E-state index contributed by atoms with van der Waals surface area (Å²) in [6.07, 6.45) is 0. The molecule has 2 aromatic carbocycles. The predicted molar refractivity (Wildman–Crippen MR) is 75.9 cm³/mol. The molecule has 0 fully saturated rings. The van der Waals surface area contributed by atoms with Crippen LogP contribution >= 0.6 is 11.8 Å². The third-order valence-corrected chi connectivity index (χ3v) is 3.76. The van der Waals surface area contributed by atoms with E-state index in [0.29, 0.717) is 11.5 Å². The number of rotatable bonds is 5. The van der Waals surface area contributed by atoms with Crippen molar-refractivity contribution in [3.8, 4) is 5.75 Å². The highest BCUT2D eigenvalue weighted by Crippen LogP contribution is 2.29. The standard InChI is InChI=1S/C15H13FO3S/c1-19-14-6-5-10(15(17)18)7-11(14)9-20-13-4-2-3-12(16)8-13/h2-8H,9H2,1H3,(H,17,18). The Hall–Kier alpha value is -2.01. The number of carboxylic acids is 1. The van der Waals surface area contributed by atoms with Crippen molar-refractivity contribution in [3.63, 3.8) is 0 Å². The van der Waals surface area contributed by atoms with Crippen LogP contribution in [-0.4, -0.2) is 18.2 Å². The van der Waals surface area contributed by atoms with Gasteiger partial charge < -0.3 is 9.84 Å². The second-order valence-corrected chi connectivity index (χ2v) is 5.13. The Bertz CT molecular complexity index is 628. The maximum atomic E-state index is 13.1. The first-order valence-electron chi connectivity index (χ1n) is 5.88. The highest BCUT2D eigenvalue weighted by atomic mass is 32.2. The molecular weight excluding hydrogens is 279 g/mol. The van der Waals surface area contributed by atoms with Crippen LogP contribution in [0.3, 0.4) is 0 Å². The molecule has 0 aliphatic heterocycles. The summed E-state index contributed by atoms with van der Waals surface area (Å²) in [6, 6.07) is 11.0. The lowest BCUT2D eigenvalue weighted by Gasteiger charge is -2.09. The number of carbonyl (C=O) groups is 1. The van der Waals surface area contributed by atoms with Crippen molar-refractivity contribution in [2.24, 2.45) is 0 Å². The van der Waals surface area contributed by atoms with Crippen molar-refractivity contribution in [2.75, 3.05) is 7.11 Å². The molecule has 20 heavy (non-hydrogen) atoms. The van der Waals surface area contributed by atoms with E-state index in [9.17, 15) is 9.18 Å². The summed E-state index contributed by atoms with van der Waals surface area (Å²) in [5.74, 6) is -0.141. The van der Waals surface area contributed by atoms with Gasteiger partial charge in [-0.05, 0) is 36.4 Å². The number of aromatic carboxylic acids is 1. The van der Waals surface area contributed by atoms with E-state index >= 15 is 0 Å². The van der Waals surface area contributed by atoms with Gasteiger partial charge in [-0.15, -0.1) is 11.8 Å². The molecule has 2 rings (SSSR count). The highest BCUT2D eigenvalue weighted by molar-refractivity contribution is 7.98. The minimum Gasteiger partial charge on any atom is -0.496 e. The number of ether oxygens (including phenoxy) is 1. The summed E-state index contributed by atoms with van der Waals surface area (Å²) in [6.45, 7) is 0. The second kappa shape index (κ2) is 6.43. The molecular formula is C15H13FO3S. The van der Waals surface area contributed by atoms with E-state index in [1.807, 2.05) is 0 Å². The summed E-state index contributed by atoms with van der Waals surface area (Å²) < 4.78 is 18.3. The molecule has 2 aromatic rings. The van der Waals surface area contributed by atoms with Crippen molar-refractivity contribution in [1.29, 1.82) is 0 Å². The predicted octanol–water partition coefficient (Wildman–Crippen LogP) is 3.82.